The topological polar surface area (TPSA) is 62.8 Å². The van der Waals surface area contributed by atoms with Crippen LogP contribution in [0.2, 0.25) is 0 Å². The second-order valence-corrected chi connectivity index (χ2v) is 3.88. The number of rotatable bonds is 1. The Balaban J connectivity index is 3.26. The summed E-state index contributed by atoms with van der Waals surface area (Å²) in [6.45, 7) is 5.81. The minimum absolute atomic E-state index is 0.0630. The number of hydrogen-bond acceptors (Lipinski definition) is 3. The van der Waals surface area contributed by atoms with Crippen LogP contribution < -0.4 is 5.56 Å². The summed E-state index contributed by atoms with van der Waals surface area (Å²) < 4.78 is 0. The van der Waals surface area contributed by atoms with Crippen LogP contribution in [-0.4, -0.2) is 16.3 Å². The van der Waals surface area contributed by atoms with Gasteiger partial charge < -0.3 is 4.98 Å². The van der Waals surface area contributed by atoms with Gasteiger partial charge in [0.15, 0.2) is 6.29 Å². The van der Waals surface area contributed by atoms with Crippen molar-refractivity contribution in [2.45, 2.75) is 26.2 Å². The number of nitrogens with zero attached hydrogens (tertiary/aromatic N) is 1. The highest BCUT2D eigenvalue weighted by Gasteiger charge is 2.16. The van der Waals surface area contributed by atoms with Crippen molar-refractivity contribution in [1.82, 2.24) is 9.97 Å². The Hall–Kier alpha value is -1.45. The van der Waals surface area contributed by atoms with Crippen molar-refractivity contribution in [3.8, 4) is 0 Å². The van der Waals surface area contributed by atoms with Crippen molar-refractivity contribution in [3.63, 3.8) is 0 Å². The first kappa shape index (κ1) is 9.64. The summed E-state index contributed by atoms with van der Waals surface area (Å²) in [5, 5.41) is 0. The zero-order chi connectivity index (χ0) is 10.1. The molecule has 0 unspecified atom stereocenters. The molecule has 1 aromatic heterocycles. The van der Waals surface area contributed by atoms with Crippen molar-refractivity contribution in [1.29, 1.82) is 0 Å². The third-order valence-electron chi connectivity index (χ3n) is 1.66. The number of nitrogens with one attached hydrogen (secondary N) is 1. The number of H-pyrrole nitrogens is 1. The van der Waals surface area contributed by atoms with E-state index in [0.29, 0.717) is 12.1 Å². The monoisotopic (exact) mass is 180 g/mol. The van der Waals surface area contributed by atoms with Crippen LogP contribution in [0.5, 0.6) is 0 Å². The van der Waals surface area contributed by atoms with Crippen molar-refractivity contribution in [3.05, 3.63) is 27.9 Å². The summed E-state index contributed by atoms with van der Waals surface area (Å²) in [4.78, 5) is 28.1. The Morgan fingerprint density at radius 3 is 2.46 bits per heavy atom. The van der Waals surface area contributed by atoms with Crippen LogP contribution in [0, 0.1) is 0 Å². The third-order valence-corrected chi connectivity index (χ3v) is 1.66. The molecule has 0 aliphatic rings. The average molecular weight is 180 g/mol. The number of carbonyl (C=O) groups excluding carboxylic acids is 1. The molecule has 0 atom stereocenters. The molecule has 0 aliphatic heterocycles. The molecule has 1 N–H and O–H groups in total. The van der Waals surface area contributed by atoms with E-state index in [0.717, 1.165) is 0 Å². The van der Waals surface area contributed by atoms with Gasteiger partial charge in [0.05, 0.1) is 5.56 Å². The maximum absolute atomic E-state index is 11.2. The summed E-state index contributed by atoms with van der Waals surface area (Å²) in [7, 11) is 0. The van der Waals surface area contributed by atoms with Gasteiger partial charge in [-0.1, -0.05) is 20.8 Å². The minimum Gasteiger partial charge on any atom is -0.309 e. The van der Waals surface area contributed by atoms with Crippen molar-refractivity contribution >= 4 is 6.29 Å². The molecule has 70 valence electrons. The Morgan fingerprint density at radius 2 is 2.08 bits per heavy atom. The molecule has 1 rings (SSSR count). The minimum atomic E-state index is -0.380. The van der Waals surface area contributed by atoms with Crippen molar-refractivity contribution in [2.75, 3.05) is 0 Å². The molecule has 0 fully saturated rings. The standard InChI is InChI=1S/C9H12N2O2/c1-9(2,3)8-10-4-6(5-12)7(13)11-8/h4-5H,1-3H3,(H,10,11,13). The molecule has 0 bridgehead atoms. The number of aromatic nitrogens is 2. The van der Waals surface area contributed by atoms with Gasteiger partial charge >= 0.3 is 0 Å². The smallest absolute Gasteiger partial charge is 0.261 e. The largest absolute Gasteiger partial charge is 0.309 e. The molecule has 4 nitrogen and oxygen atoms in total. The molecule has 0 aliphatic carbocycles. The van der Waals surface area contributed by atoms with E-state index in [-0.39, 0.29) is 16.5 Å². The first-order chi connectivity index (χ1) is 5.95. The van der Waals surface area contributed by atoms with E-state index in [2.05, 4.69) is 9.97 Å². The number of aromatic amines is 1. The van der Waals surface area contributed by atoms with Crippen LogP contribution in [0.4, 0.5) is 0 Å². The molecular formula is C9H12N2O2. The molecule has 0 spiro atoms. The molecule has 13 heavy (non-hydrogen) atoms. The Morgan fingerprint density at radius 1 is 1.46 bits per heavy atom. The van der Waals surface area contributed by atoms with Crippen LogP contribution in [-0.2, 0) is 5.41 Å². The van der Waals surface area contributed by atoms with Gasteiger partial charge in [0.1, 0.15) is 5.82 Å². The SMILES string of the molecule is CC(C)(C)c1ncc(C=O)c(=O)[nH]1. The summed E-state index contributed by atoms with van der Waals surface area (Å²) in [5.74, 6) is 0.586. The van der Waals surface area contributed by atoms with E-state index in [9.17, 15) is 9.59 Å². The van der Waals surface area contributed by atoms with Gasteiger partial charge in [-0.05, 0) is 0 Å². The zero-order valence-corrected chi connectivity index (χ0v) is 7.92. The summed E-state index contributed by atoms with van der Waals surface area (Å²) in [5.41, 5.74) is -0.524. The summed E-state index contributed by atoms with van der Waals surface area (Å²) in [6.07, 6.45) is 1.80. The van der Waals surface area contributed by atoms with E-state index < -0.39 is 0 Å². The van der Waals surface area contributed by atoms with Crippen molar-refractivity contribution in [2.24, 2.45) is 0 Å². The number of hydrogen-bond donors (Lipinski definition) is 1. The van der Waals surface area contributed by atoms with Gasteiger partial charge in [0.25, 0.3) is 5.56 Å². The molecule has 0 aromatic carbocycles. The van der Waals surface area contributed by atoms with Gasteiger partial charge in [-0.3, -0.25) is 9.59 Å². The normalized spacial score (nSPS) is 11.3. The highest BCUT2D eigenvalue weighted by molar-refractivity contribution is 5.73. The van der Waals surface area contributed by atoms with Crippen LogP contribution in [0.15, 0.2) is 11.0 Å². The predicted molar refractivity (Wildman–Crippen MR) is 48.9 cm³/mol. The lowest BCUT2D eigenvalue weighted by molar-refractivity contribution is 0.112. The average Bonchev–Trinajstić information content (AvgIpc) is 2.02. The maximum Gasteiger partial charge on any atom is 0.261 e. The second kappa shape index (κ2) is 3.12. The molecule has 4 heteroatoms. The van der Waals surface area contributed by atoms with Gasteiger partial charge in [-0.15, -0.1) is 0 Å². The fourth-order valence-corrected chi connectivity index (χ4v) is 0.870. The summed E-state index contributed by atoms with van der Waals surface area (Å²) >= 11 is 0. The van der Waals surface area contributed by atoms with Gasteiger partial charge in [-0.2, -0.15) is 0 Å². The first-order valence-electron chi connectivity index (χ1n) is 4.00. The number of aldehydes is 1. The van der Waals surface area contributed by atoms with Crippen LogP contribution in [0.1, 0.15) is 37.0 Å². The molecule has 0 amide bonds. The van der Waals surface area contributed by atoms with E-state index in [1.54, 1.807) is 0 Å². The molecular weight excluding hydrogens is 168 g/mol. The van der Waals surface area contributed by atoms with Gasteiger partial charge in [0, 0.05) is 11.6 Å². The molecule has 0 radical (unpaired) electrons. The molecule has 1 aromatic rings. The zero-order valence-electron chi connectivity index (χ0n) is 7.92. The Labute approximate surface area is 76.0 Å². The lowest BCUT2D eigenvalue weighted by Crippen LogP contribution is -2.23. The molecule has 1 heterocycles. The van der Waals surface area contributed by atoms with Crippen molar-refractivity contribution < 1.29 is 4.79 Å². The van der Waals surface area contributed by atoms with E-state index in [4.69, 9.17) is 0 Å². The fraction of sp³-hybridized carbons (Fsp3) is 0.444. The highest BCUT2D eigenvalue weighted by Crippen LogP contribution is 2.15. The van der Waals surface area contributed by atoms with Gasteiger partial charge in [0.2, 0.25) is 0 Å². The Bertz CT molecular complexity index is 374. The lowest BCUT2D eigenvalue weighted by atomic mass is 9.96. The van der Waals surface area contributed by atoms with Crippen LogP contribution in [0.25, 0.3) is 0 Å². The number of carbonyl (C=O) groups is 1. The molecule has 0 saturated heterocycles. The van der Waals surface area contributed by atoms with E-state index in [1.165, 1.54) is 6.20 Å². The lowest BCUT2D eigenvalue weighted by Gasteiger charge is -2.16. The fourth-order valence-electron chi connectivity index (χ4n) is 0.870. The summed E-state index contributed by atoms with van der Waals surface area (Å²) in [6, 6.07) is 0. The van der Waals surface area contributed by atoms with E-state index >= 15 is 0 Å². The Kier molecular flexibility index (Phi) is 2.32. The van der Waals surface area contributed by atoms with Gasteiger partial charge in [-0.25, -0.2) is 4.98 Å². The van der Waals surface area contributed by atoms with Crippen LogP contribution in [0.3, 0.4) is 0 Å². The van der Waals surface area contributed by atoms with E-state index in [1.807, 2.05) is 20.8 Å². The molecule has 0 saturated carbocycles. The maximum atomic E-state index is 11.2. The highest BCUT2D eigenvalue weighted by atomic mass is 16.1. The second-order valence-electron chi connectivity index (χ2n) is 3.88. The quantitative estimate of drug-likeness (QED) is 0.652. The third kappa shape index (κ3) is 2.02. The predicted octanol–water partition coefficient (Wildman–Crippen LogP) is 0.880. The first-order valence-corrected chi connectivity index (χ1v) is 4.00. The van der Waals surface area contributed by atoms with Crippen LogP contribution >= 0.6 is 0 Å².